The molecule has 0 saturated heterocycles. The van der Waals surface area contributed by atoms with E-state index in [1.807, 2.05) is 0 Å². The number of nitrogens with zero attached hydrogens (tertiary/aromatic N) is 1. The fraction of sp³-hybridized carbons (Fsp3) is 0.429. The molecule has 2 N–H and O–H groups in total. The molecule has 1 aromatic rings. The maximum Gasteiger partial charge on any atom is 0.417 e. The number of hydrogen-bond acceptors (Lipinski definition) is 5. The topological polar surface area (TPSA) is 87.1 Å². The van der Waals surface area contributed by atoms with E-state index in [4.69, 9.17) is 4.74 Å². The van der Waals surface area contributed by atoms with Crippen molar-refractivity contribution < 1.29 is 24.5 Å². The summed E-state index contributed by atoms with van der Waals surface area (Å²) >= 11 is 0. The second kappa shape index (κ2) is 4.40. The Morgan fingerprint density at radius 3 is 2.45 bits per heavy atom. The average Bonchev–Trinajstić information content (AvgIpc) is 2.48. The third-order valence-corrected chi connectivity index (χ3v) is 2.99. The number of rotatable bonds is 0. The normalized spacial score (nSPS) is 18.1. The SMILES string of the molecule is C[C@H]1c2cc(O)cc(O)c2C(=O)N1C(=O)OC(C)(C)C. The van der Waals surface area contributed by atoms with Gasteiger partial charge >= 0.3 is 6.09 Å². The van der Waals surface area contributed by atoms with Gasteiger partial charge in [-0.1, -0.05) is 0 Å². The molecular weight excluding hydrogens is 262 g/mol. The molecule has 2 rings (SSSR count). The molecule has 0 radical (unpaired) electrons. The predicted octanol–water partition coefficient (Wildman–Crippen LogP) is 2.55. The van der Waals surface area contributed by atoms with Gasteiger partial charge in [0.15, 0.2) is 0 Å². The molecular formula is C14H17NO5. The molecule has 0 saturated carbocycles. The van der Waals surface area contributed by atoms with Crippen LogP contribution >= 0.6 is 0 Å². The van der Waals surface area contributed by atoms with E-state index in [-0.39, 0.29) is 17.1 Å². The highest BCUT2D eigenvalue weighted by Crippen LogP contribution is 2.41. The number of phenols is 2. The molecule has 108 valence electrons. The predicted molar refractivity (Wildman–Crippen MR) is 70.6 cm³/mol. The van der Waals surface area contributed by atoms with Crippen molar-refractivity contribution >= 4 is 12.0 Å². The molecule has 6 heteroatoms. The minimum Gasteiger partial charge on any atom is -0.508 e. The van der Waals surface area contributed by atoms with Crippen molar-refractivity contribution in [1.29, 1.82) is 0 Å². The van der Waals surface area contributed by atoms with Crippen LogP contribution in [0.15, 0.2) is 12.1 Å². The maximum absolute atomic E-state index is 12.3. The lowest BCUT2D eigenvalue weighted by molar-refractivity contribution is 0.0202. The lowest BCUT2D eigenvalue weighted by Crippen LogP contribution is -2.38. The molecule has 2 amide bonds. The Balaban J connectivity index is 2.40. The first-order valence-corrected chi connectivity index (χ1v) is 6.24. The Kier molecular flexibility index (Phi) is 3.12. The molecule has 0 bridgehead atoms. The lowest BCUT2D eigenvalue weighted by Gasteiger charge is -2.25. The van der Waals surface area contributed by atoms with Gasteiger partial charge in [-0.2, -0.15) is 0 Å². The standard InChI is InChI=1S/C14H17NO5/c1-7-9-5-8(16)6-10(17)11(9)12(18)15(7)13(19)20-14(2,3)4/h5-7,16-17H,1-4H3/t7-/m0/s1. The highest BCUT2D eigenvalue weighted by molar-refractivity contribution is 6.09. The van der Waals surface area contributed by atoms with E-state index >= 15 is 0 Å². The first kappa shape index (κ1) is 14.2. The van der Waals surface area contributed by atoms with E-state index in [0.717, 1.165) is 11.0 Å². The molecule has 0 aliphatic carbocycles. The van der Waals surface area contributed by atoms with Crippen LogP contribution in [0.4, 0.5) is 4.79 Å². The number of amides is 2. The summed E-state index contributed by atoms with van der Waals surface area (Å²) in [5.41, 5.74) is -0.296. The van der Waals surface area contributed by atoms with Crippen LogP contribution in [0, 0.1) is 0 Å². The summed E-state index contributed by atoms with van der Waals surface area (Å²) in [7, 11) is 0. The third kappa shape index (κ3) is 2.29. The fourth-order valence-electron chi connectivity index (χ4n) is 2.18. The number of phenolic OH excluding ortho intramolecular Hbond substituents is 2. The number of carbonyl (C=O) groups is 2. The van der Waals surface area contributed by atoms with Crippen molar-refractivity contribution in [1.82, 2.24) is 4.90 Å². The molecule has 0 spiro atoms. The van der Waals surface area contributed by atoms with Crippen molar-refractivity contribution in [3.63, 3.8) is 0 Å². The molecule has 6 nitrogen and oxygen atoms in total. The van der Waals surface area contributed by atoms with Gasteiger partial charge in [0.2, 0.25) is 0 Å². The van der Waals surface area contributed by atoms with E-state index in [1.54, 1.807) is 27.7 Å². The van der Waals surface area contributed by atoms with Gasteiger partial charge in [-0.05, 0) is 39.3 Å². The van der Waals surface area contributed by atoms with E-state index in [2.05, 4.69) is 0 Å². The number of carbonyl (C=O) groups excluding carboxylic acids is 2. The van der Waals surface area contributed by atoms with Gasteiger partial charge in [-0.3, -0.25) is 4.79 Å². The van der Waals surface area contributed by atoms with Crippen LogP contribution in [0.5, 0.6) is 11.5 Å². The minimum atomic E-state index is -0.773. The second-order valence-corrected chi connectivity index (χ2v) is 5.76. The first-order valence-electron chi connectivity index (χ1n) is 6.24. The molecule has 0 aromatic heterocycles. The van der Waals surface area contributed by atoms with Crippen molar-refractivity contribution in [2.45, 2.75) is 39.3 Å². The molecule has 0 fully saturated rings. The highest BCUT2D eigenvalue weighted by atomic mass is 16.6. The Bertz CT molecular complexity index is 588. The summed E-state index contributed by atoms with van der Waals surface area (Å²) in [6.07, 6.45) is -0.773. The Hall–Kier alpha value is -2.24. The molecule has 1 aromatic carbocycles. The van der Waals surface area contributed by atoms with Gasteiger partial charge in [0, 0.05) is 6.07 Å². The quantitative estimate of drug-likeness (QED) is 0.762. The van der Waals surface area contributed by atoms with Gasteiger partial charge in [0.1, 0.15) is 17.1 Å². The summed E-state index contributed by atoms with van der Waals surface area (Å²) < 4.78 is 5.19. The second-order valence-electron chi connectivity index (χ2n) is 5.76. The van der Waals surface area contributed by atoms with Crippen molar-refractivity contribution in [3.05, 3.63) is 23.3 Å². The molecule has 1 heterocycles. The van der Waals surface area contributed by atoms with Crippen molar-refractivity contribution in [3.8, 4) is 11.5 Å². The molecule has 20 heavy (non-hydrogen) atoms. The number of ether oxygens (including phenoxy) is 1. The molecule has 1 aliphatic heterocycles. The number of hydrogen-bond donors (Lipinski definition) is 2. The van der Waals surface area contributed by atoms with Crippen LogP contribution in [-0.2, 0) is 4.74 Å². The summed E-state index contributed by atoms with van der Waals surface area (Å²) in [5, 5.41) is 19.3. The lowest BCUT2D eigenvalue weighted by atomic mass is 10.0. The number of fused-ring (bicyclic) bond motifs is 1. The summed E-state index contributed by atoms with van der Waals surface area (Å²) in [6.45, 7) is 6.73. The van der Waals surface area contributed by atoms with Crippen molar-refractivity contribution in [2.75, 3.05) is 0 Å². The van der Waals surface area contributed by atoms with Gasteiger partial charge in [0.25, 0.3) is 5.91 Å². The molecule has 1 atom stereocenters. The highest BCUT2D eigenvalue weighted by Gasteiger charge is 2.42. The number of benzene rings is 1. The number of aromatic hydroxyl groups is 2. The third-order valence-electron chi connectivity index (χ3n) is 2.99. The average molecular weight is 279 g/mol. The Labute approximate surface area is 116 Å². The van der Waals surface area contributed by atoms with E-state index < -0.39 is 23.6 Å². The van der Waals surface area contributed by atoms with Crippen LogP contribution in [0.2, 0.25) is 0 Å². The summed E-state index contributed by atoms with van der Waals surface area (Å²) in [5.74, 6) is -1.13. The van der Waals surface area contributed by atoms with Crippen LogP contribution in [-0.4, -0.2) is 32.7 Å². The van der Waals surface area contributed by atoms with Crippen LogP contribution < -0.4 is 0 Å². The number of imide groups is 1. The van der Waals surface area contributed by atoms with Gasteiger partial charge < -0.3 is 14.9 Å². The zero-order valence-corrected chi connectivity index (χ0v) is 11.8. The van der Waals surface area contributed by atoms with Crippen molar-refractivity contribution in [2.24, 2.45) is 0 Å². The van der Waals surface area contributed by atoms with E-state index in [0.29, 0.717) is 5.56 Å². The Morgan fingerprint density at radius 1 is 1.30 bits per heavy atom. The zero-order chi connectivity index (χ0) is 15.2. The molecule has 0 unspecified atom stereocenters. The molecule has 1 aliphatic rings. The zero-order valence-electron chi connectivity index (χ0n) is 11.8. The largest absolute Gasteiger partial charge is 0.508 e. The van der Waals surface area contributed by atoms with Gasteiger partial charge in [-0.25, -0.2) is 9.69 Å². The monoisotopic (exact) mass is 279 g/mol. The Morgan fingerprint density at radius 2 is 1.90 bits per heavy atom. The fourth-order valence-corrected chi connectivity index (χ4v) is 2.18. The first-order chi connectivity index (χ1) is 9.11. The summed E-state index contributed by atoms with van der Waals surface area (Å²) in [4.78, 5) is 25.3. The van der Waals surface area contributed by atoms with Crippen LogP contribution in [0.3, 0.4) is 0 Å². The minimum absolute atomic E-state index is 0.0289. The van der Waals surface area contributed by atoms with E-state index in [9.17, 15) is 19.8 Å². The van der Waals surface area contributed by atoms with Crippen LogP contribution in [0.25, 0.3) is 0 Å². The maximum atomic E-state index is 12.3. The van der Waals surface area contributed by atoms with Gasteiger partial charge in [0.05, 0.1) is 11.6 Å². The summed E-state index contributed by atoms with van der Waals surface area (Å²) in [6, 6.07) is 1.83. The smallest absolute Gasteiger partial charge is 0.417 e. The van der Waals surface area contributed by atoms with Crippen LogP contribution in [0.1, 0.15) is 49.7 Å². The van der Waals surface area contributed by atoms with Gasteiger partial charge in [-0.15, -0.1) is 0 Å². The van der Waals surface area contributed by atoms with E-state index in [1.165, 1.54) is 6.07 Å².